The highest BCUT2D eigenvalue weighted by Crippen LogP contribution is 2.46. The first-order valence-electron chi connectivity index (χ1n) is 5.37. The van der Waals surface area contributed by atoms with Gasteiger partial charge in [-0.1, -0.05) is 12.2 Å². The lowest BCUT2D eigenvalue weighted by Crippen LogP contribution is -2.44. The monoisotopic (exact) mass is 259 g/mol. The predicted molar refractivity (Wildman–Crippen MR) is 66.3 cm³/mol. The van der Waals surface area contributed by atoms with Gasteiger partial charge in [-0.2, -0.15) is 0 Å². The summed E-state index contributed by atoms with van der Waals surface area (Å²) in [5.74, 6) is -0.513. The van der Waals surface area contributed by atoms with Crippen LogP contribution in [0.4, 0.5) is 0 Å². The van der Waals surface area contributed by atoms with Gasteiger partial charge in [-0.25, -0.2) is 0 Å². The fourth-order valence-electron chi connectivity index (χ4n) is 1.40. The molecule has 4 N–H and O–H groups in total. The number of nitrogens with one attached hydrogen (secondary N) is 2. The summed E-state index contributed by atoms with van der Waals surface area (Å²) in [7, 11) is 1.55. The van der Waals surface area contributed by atoms with Crippen LogP contribution in [0.15, 0.2) is 0 Å². The number of methoxy groups -OCH3 is 1. The Bertz CT molecular complexity index is 329. The maximum absolute atomic E-state index is 11.7. The molecule has 17 heavy (non-hydrogen) atoms. The molecule has 0 heterocycles. The maximum atomic E-state index is 11.7. The molecule has 0 unspecified atom stereocenters. The van der Waals surface area contributed by atoms with Gasteiger partial charge in [0.05, 0.1) is 23.6 Å². The van der Waals surface area contributed by atoms with E-state index in [0.717, 1.165) is 0 Å². The lowest BCUT2D eigenvalue weighted by Gasteiger charge is -2.13. The molecule has 0 spiro atoms. The number of amides is 2. The molecule has 0 radical (unpaired) electrons. The van der Waals surface area contributed by atoms with Gasteiger partial charge in [-0.3, -0.25) is 9.59 Å². The number of carbonyl (C=O) groups is 2. The Hall–Kier alpha value is -1.21. The third kappa shape index (κ3) is 3.64. The van der Waals surface area contributed by atoms with Crippen molar-refractivity contribution in [3.63, 3.8) is 0 Å². The SMILES string of the molecule is COCCNC(=O)CNC(=O)C1(C(N)=S)CC1. The van der Waals surface area contributed by atoms with Crippen LogP contribution in [0.2, 0.25) is 0 Å². The Balaban J connectivity index is 2.24. The third-order valence-corrected chi connectivity index (χ3v) is 3.08. The number of ether oxygens (including phenoxy) is 1. The minimum atomic E-state index is -0.706. The number of rotatable bonds is 7. The van der Waals surface area contributed by atoms with Crippen LogP contribution in [-0.2, 0) is 14.3 Å². The Morgan fingerprint density at radius 1 is 1.41 bits per heavy atom. The molecule has 0 bridgehead atoms. The molecule has 96 valence electrons. The second-order valence-electron chi connectivity index (χ2n) is 3.97. The first kappa shape index (κ1) is 13.9. The summed E-state index contributed by atoms with van der Waals surface area (Å²) in [4.78, 5) is 23.2. The van der Waals surface area contributed by atoms with E-state index in [4.69, 9.17) is 22.7 Å². The number of carbonyl (C=O) groups excluding carboxylic acids is 2. The number of hydrogen-bond acceptors (Lipinski definition) is 4. The summed E-state index contributed by atoms with van der Waals surface area (Å²) >= 11 is 4.84. The van der Waals surface area contributed by atoms with Gasteiger partial charge in [0.2, 0.25) is 11.8 Å². The third-order valence-electron chi connectivity index (χ3n) is 2.69. The Morgan fingerprint density at radius 2 is 2.06 bits per heavy atom. The highest BCUT2D eigenvalue weighted by molar-refractivity contribution is 7.80. The Morgan fingerprint density at radius 3 is 2.53 bits per heavy atom. The minimum Gasteiger partial charge on any atom is -0.392 e. The van der Waals surface area contributed by atoms with Crippen LogP contribution in [0.5, 0.6) is 0 Å². The quantitative estimate of drug-likeness (QED) is 0.400. The zero-order valence-electron chi connectivity index (χ0n) is 9.75. The molecule has 0 aromatic rings. The van der Waals surface area contributed by atoms with Gasteiger partial charge in [0.15, 0.2) is 0 Å². The van der Waals surface area contributed by atoms with Gasteiger partial charge in [-0.15, -0.1) is 0 Å². The maximum Gasteiger partial charge on any atom is 0.239 e. The molecule has 1 saturated carbocycles. The molecule has 2 amide bonds. The Kier molecular flexibility index (Phi) is 4.83. The van der Waals surface area contributed by atoms with Crippen molar-refractivity contribution in [2.75, 3.05) is 26.8 Å². The van der Waals surface area contributed by atoms with E-state index in [-0.39, 0.29) is 23.3 Å². The van der Waals surface area contributed by atoms with Crippen molar-refractivity contribution in [3.05, 3.63) is 0 Å². The lowest BCUT2D eigenvalue weighted by atomic mass is 10.1. The molecule has 0 atom stereocenters. The van der Waals surface area contributed by atoms with Crippen molar-refractivity contribution in [2.24, 2.45) is 11.1 Å². The molecule has 1 fully saturated rings. The topological polar surface area (TPSA) is 93.5 Å². The molecule has 0 saturated heterocycles. The van der Waals surface area contributed by atoms with E-state index in [1.54, 1.807) is 7.11 Å². The summed E-state index contributed by atoms with van der Waals surface area (Å²) in [5, 5.41) is 5.13. The molecule has 0 aromatic heterocycles. The average Bonchev–Trinajstić information content (AvgIpc) is 3.07. The van der Waals surface area contributed by atoms with Crippen molar-refractivity contribution in [1.29, 1.82) is 0 Å². The van der Waals surface area contributed by atoms with Crippen molar-refractivity contribution in [2.45, 2.75) is 12.8 Å². The second-order valence-corrected chi connectivity index (χ2v) is 4.41. The second kappa shape index (κ2) is 5.92. The minimum absolute atomic E-state index is 0.0626. The first-order chi connectivity index (χ1) is 8.03. The number of thiocarbonyl (C=S) groups is 1. The average molecular weight is 259 g/mol. The van der Waals surface area contributed by atoms with Crippen LogP contribution in [0.1, 0.15) is 12.8 Å². The van der Waals surface area contributed by atoms with Crippen molar-refractivity contribution in [3.8, 4) is 0 Å². The van der Waals surface area contributed by atoms with E-state index in [2.05, 4.69) is 10.6 Å². The van der Waals surface area contributed by atoms with Crippen LogP contribution in [0, 0.1) is 5.41 Å². The van der Waals surface area contributed by atoms with E-state index in [0.29, 0.717) is 26.0 Å². The van der Waals surface area contributed by atoms with Crippen molar-refractivity contribution in [1.82, 2.24) is 10.6 Å². The highest BCUT2D eigenvalue weighted by atomic mass is 32.1. The van der Waals surface area contributed by atoms with Crippen LogP contribution in [0.25, 0.3) is 0 Å². The van der Waals surface area contributed by atoms with Crippen molar-refractivity contribution < 1.29 is 14.3 Å². The molecular formula is C10H17N3O3S. The zero-order valence-corrected chi connectivity index (χ0v) is 10.6. The van der Waals surface area contributed by atoms with E-state index in [1.165, 1.54) is 0 Å². The highest BCUT2D eigenvalue weighted by Gasteiger charge is 2.52. The summed E-state index contributed by atoms with van der Waals surface area (Å²) in [5.41, 5.74) is 4.79. The molecule has 6 nitrogen and oxygen atoms in total. The van der Waals surface area contributed by atoms with Crippen LogP contribution in [-0.4, -0.2) is 43.6 Å². The van der Waals surface area contributed by atoms with E-state index >= 15 is 0 Å². The van der Waals surface area contributed by atoms with Gasteiger partial charge in [0.1, 0.15) is 0 Å². The molecule has 7 heteroatoms. The summed E-state index contributed by atoms with van der Waals surface area (Å²) < 4.78 is 4.78. The Labute approximate surface area is 105 Å². The van der Waals surface area contributed by atoms with E-state index < -0.39 is 5.41 Å². The fourth-order valence-corrected chi connectivity index (χ4v) is 1.69. The summed E-state index contributed by atoms with van der Waals surface area (Å²) in [6.07, 6.45) is 1.33. The van der Waals surface area contributed by atoms with Gasteiger partial charge in [-0.05, 0) is 12.8 Å². The van der Waals surface area contributed by atoms with Gasteiger partial charge in [0, 0.05) is 13.7 Å². The van der Waals surface area contributed by atoms with Gasteiger partial charge >= 0.3 is 0 Å². The lowest BCUT2D eigenvalue weighted by molar-refractivity contribution is -0.127. The van der Waals surface area contributed by atoms with E-state index in [9.17, 15) is 9.59 Å². The number of nitrogens with two attached hydrogens (primary N) is 1. The smallest absolute Gasteiger partial charge is 0.239 e. The summed E-state index contributed by atoms with van der Waals surface area (Å²) in [6, 6.07) is 0. The first-order valence-corrected chi connectivity index (χ1v) is 5.77. The molecule has 1 rings (SSSR count). The van der Waals surface area contributed by atoms with Crippen LogP contribution in [0.3, 0.4) is 0 Å². The molecule has 1 aliphatic carbocycles. The predicted octanol–water partition coefficient (Wildman–Crippen LogP) is -1.07. The van der Waals surface area contributed by atoms with Gasteiger partial charge < -0.3 is 21.1 Å². The molecule has 1 aliphatic rings. The zero-order chi connectivity index (χ0) is 12.9. The normalized spacial score (nSPS) is 16.1. The van der Waals surface area contributed by atoms with Crippen molar-refractivity contribution >= 4 is 29.0 Å². The fraction of sp³-hybridized carbons (Fsp3) is 0.700. The van der Waals surface area contributed by atoms with Gasteiger partial charge in [0.25, 0.3) is 0 Å². The molecule has 0 aromatic carbocycles. The molecule has 0 aliphatic heterocycles. The molecular weight excluding hydrogens is 242 g/mol. The van der Waals surface area contributed by atoms with Crippen LogP contribution < -0.4 is 16.4 Å². The largest absolute Gasteiger partial charge is 0.392 e. The summed E-state index contributed by atoms with van der Waals surface area (Å²) in [6.45, 7) is 0.801. The number of hydrogen-bond donors (Lipinski definition) is 3. The standard InChI is InChI=1S/C10H17N3O3S/c1-16-5-4-12-7(14)6-13-9(15)10(2-3-10)8(11)17/h2-6H2,1H3,(H2,11,17)(H,12,14)(H,13,15). The van der Waals surface area contributed by atoms with E-state index in [1.807, 2.05) is 0 Å². The van der Waals surface area contributed by atoms with Crippen LogP contribution >= 0.6 is 12.2 Å².